The Labute approximate surface area is 69.2 Å². The largest absolute Gasteiger partial charge is 0.368 e. The van der Waals surface area contributed by atoms with Crippen LogP contribution in [0.5, 0.6) is 0 Å². The molecule has 11 heavy (non-hydrogen) atoms. The molecule has 0 aromatic heterocycles. The van der Waals surface area contributed by atoms with E-state index in [0.29, 0.717) is 6.42 Å². The lowest BCUT2D eigenvalue weighted by Crippen LogP contribution is -2.03. The molecule has 0 aliphatic rings. The van der Waals surface area contributed by atoms with Crippen LogP contribution in [0.1, 0.15) is 46.0 Å². The second kappa shape index (κ2) is 6.62. The Morgan fingerprint density at radius 3 is 2.09 bits per heavy atom. The number of aliphatic hydroxyl groups is 2. The van der Waals surface area contributed by atoms with Gasteiger partial charge in [-0.2, -0.15) is 0 Å². The number of unbranched alkanes of at least 4 members (excludes halogenated alkanes) is 1. The van der Waals surface area contributed by atoms with Crippen molar-refractivity contribution in [1.29, 1.82) is 0 Å². The minimum atomic E-state index is -1.10. The van der Waals surface area contributed by atoms with Gasteiger partial charge in [-0.25, -0.2) is 0 Å². The van der Waals surface area contributed by atoms with Crippen molar-refractivity contribution < 1.29 is 10.2 Å². The highest BCUT2D eigenvalue weighted by molar-refractivity contribution is 4.51. The van der Waals surface area contributed by atoms with Crippen LogP contribution >= 0.6 is 0 Å². The molecule has 2 nitrogen and oxygen atoms in total. The van der Waals surface area contributed by atoms with Crippen LogP contribution in [0.25, 0.3) is 0 Å². The van der Waals surface area contributed by atoms with E-state index in [9.17, 15) is 0 Å². The normalized spacial score (nSPS) is 13.9. The van der Waals surface area contributed by atoms with Crippen molar-refractivity contribution in [2.45, 2.75) is 52.2 Å². The number of aliphatic hydroxyl groups excluding tert-OH is 1. The first kappa shape index (κ1) is 10.9. The first-order valence-corrected chi connectivity index (χ1v) is 4.53. The molecule has 0 radical (unpaired) electrons. The zero-order chi connectivity index (χ0) is 8.69. The van der Waals surface area contributed by atoms with E-state index in [1.54, 1.807) is 0 Å². The van der Waals surface area contributed by atoms with Crippen LogP contribution < -0.4 is 0 Å². The summed E-state index contributed by atoms with van der Waals surface area (Å²) in [5.74, 6) is 0.783. The summed E-state index contributed by atoms with van der Waals surface area (Å²) in [6.07, 6.45) is 3.91. The molecule has 0 fully saturated rings. The van der Waals surface area contributed by atoms with Gasteiger partial charge in [0, 0.05) is 0 Å². The first-order chi connectivity index (χ1) is 5.16. The van der Waals surface area contributed by atoms with Crippen molar-refractivity contribution in [1.82, 2.24) is 0 Å². The third-order valence-corrected chi connectivity index (χ3v) is 2.11. The summed E-state index contributed by atoms with van der Waals surface area (Å²) in [6, 6.07) is 0. The van der Waals surface area contributed by atoms with E-state index < -0.39 is 6.29 Å². The summed E-state index contributed by atoms with van der Waals surface area (Å²) >= 11 is 0. The van der Waals surface area contributed by atoms with Gasteiger partial charge in [-0.1, -0.05) is 33.1 Å². The maximum absolute atomic E-state index is 8.53. The number of hydrogen-bond acceptors (Lipinski definition) is 2. The fourth-order valence-corrected chi connectivity index (χ4v) is 1.02. The number of rotatable bonds is 6. The Bertz CT molecular complexity index is 81.6. The minimum Gasteiger partial charge on any atom is -0.368 e. The summed E-state index contributed by atoms with van der Waals surface area (Å²) in [5, 5.41) is 17.1. The van der Waals surface area contributed by atoms with Gasteiger partial charge in [0.2, 0.25) is 0 Å². The van der Waals surface area contributed by atoms with Gasteiger partial charge in [-0.15, -0.1) is 0 Å². The fraction of sp³-hybridized carbons (Fsp3) is 1.00. The van der Waals surface area contributed by atoms with E-state index in [1.807, 2.05) is 0 Å². The Morgan fingerprint density at radius 2 is 1.64 bits per heavy atom. The smallest absolute Gasteiger partial charge is 0.151 e. The molecule has 0 bridgehead atoms. The average molecular weight is 160 g/mol. The van der Waals surface area contributed by atoms with Gasteiger partial charge in [-0.3, -0.25) is 0 Å². The lowest BCUT2D eigenvalue weighted by molar-refractivity contribution is -0.0467. The molecule has 0 rings (SSSR count). The monoisotopic (exact) mass is 160 g/mol. The molecule has 0 saturated carbocycles. The summed E-state index contributed by atoms with van der Waals surface area (Å²) in [4.78, 5) is 0. The quantitative estimate of drug-likeness (QED) is 0.460. The Hall–Kier alpha value is -0.0800. The molecule has 0 spiro atoms. The molecule has 2 heteroatoms. The Kier molecular flexibility index (Phi) is 6.57. The second-order valence-electron chi connectivity index (χ2n) is 3.28. The van der Waals surface area contributed by atoms with Crippen LogP contribution in [-0.4, -0.2) is 16.5 Å². The molecule has 2 N–H and O–H groups in total. The summed E-state index contributed by atoms with van der Waals surface area (Å²) in [5.41, 5.74) is 0. The first-order valence-electron chi connectivity index (χ1n) is 4.53. The highest BCUT2D eigenvalue weighted by Gasteiger charge is 2.00. The Morgan fingerprint density at radius 1 is 1.09 bits per heavy atom. The van der Waals surface area contributed by atoms with E-state index in [2.05, 4.69) is 13.8 Å². The zero-order valence-electron chi connectivity index (χ0n) is 7.58. The molecule has 0 saturated heterocycles. The van der Waals surface area contributed by atoms with Crippen molar-refractivity contribution in [3.8, 4) is 0 Å². The van der Waals surface area contributed by atoms with Crippen molar-refractivity contribution >= 4 is 0 Å². The van der Waals surface area contributed by atoms with Crippen LogP contribution in [0.3, 0.4) is 0 Å². The topological polar surface area (TPSA) is 40.5 Å². The maximum Gasteiger partial charge on any atom is 0.151 e. The third-order valence-electron chi connectivity index (χ3n) is 2.11. The van der Waals surface area contributed by atoms with E-state index in [1.165, 1.54) is 12.8 Å². The molecule has 0 aromatic carbocycles. The van der Waals surface area contributed by atoms with Crippen LogP contribution in [0.2, 0.25) is 0 Å². The highest BCUT2D eigenvalue weighted by atomic mass is 16.5. The lowest BCUT2D eigenvalue weighted by Gasteiger charge is -2.07. The summed E-state index contributed by atoms with van der Waals surface area (Å²) < 4.78 is 0. The molecule has 0 amide bonds. The Balaban J connectivity index is 3.01. The summed E-state index contributed by atoms with van der Waals surface area (Å²) in [6.45, 7) is 4.42. The molecule has 1 unspecified atom stereocenters. The molecule has 0 heterocycles. The van der Waals surface area contributed by atoms with Gasteiger partial charge in [0.25, 0.3) is 0 Å². The zero-order valence-corrected chi connectivity index (χ0v) is 7.58. The second-order valence-corrected chi connectivity index (χ2v) is 3.28. The van der Waals surface area contributed by atoms with Crippen molar-refractivity contribution in [2.24, 2.45) is 5.92 Å². The fourth-order valence-electron chi connectivity index (χ4n) is 1.02. The van der Waals surface area contributed by atoms with Crippen molar-refractivity contribution in [3.05, 3.63) is 0 Å². The molecule has 1 atom stereocenters. The van der Waals surface area contributed by atoms with Gasteiger partial charge in [0.15, 0.2) is 6.29 Å². The van der Waals surface area contributed by atoms with E-state index in [4.69, 9.17) is 10.2 Å². The highest BCUT2D eigenvalue weighted by Crippen LogP contribution is 2.12. The third kappa shape index (κ3) is 7.82. The predicted molar refractivity (Wildman–Crippen MR) is 46.1 cm³/mol. The van der Waals surface area contributed by atoms with Gasteiger partial charge in [-0.05, 0) is 18.8 Å². The molecular weight excluding hydrogens is 140 g/mol. The van der Waals surface area contributed by atoms with E-state index in [0.717, 1.165) is 18.8 Å². The van der Waals surface area contributed by atoms with Gasteiger partial charge < -0.3 is 10.2 Å². The van der Waals surface area contributed by atoms with Gasteiger partial charge >= 0.3 is 0 Å². The molecule has 68 valence electrons. The molecular formula is C9H20O2. The molecule has 0 aromatic rings. The van der Waals surface area contributed by atoms with Crippen LogP contribution in [0, 0.1) is 5.92 Å². The van der Waals surface area contributed by atoms with Crippen molar-refractivity contribution in [2.75, 3.05) is 0 Å². The average Bonchev–Trinajstić information content (AvgIpc) is 1.97. The standard InChI is InChI=1S/C9H20O2/c1-3-8(2)6-4-5-7-9(10)11/h8-11H,3-7H2,1-2H3. The lowest BCUT2D eigenvalue weighted by atomic mass is 10.0. The molecule has 0 aliphatic heterocycles. The van der Waals surface area contributed by atoms with E-state index >= 15 is 0 Å². The molecule has 0 aliphatic carbocycles. The van der Waals surface area contributed by atoms with Crippen LogP contribution in [0.4, 0.5) is 0 Å². The van der Waals surface area contributed by atoms with E-state index in [-0.39, 0.29) is 0 Å². The van der Waals surface area contributed by atoms with Crippen LogP contribution in [0.15, 0.2) is 0 Å². The van der Waals surface area contributed by atoms with Gasteiger partial charge in [0.05, 0.1) is 0 Å². The summed E-state index contributed by atoms with van der Waals surface area (Å²) in [7, 11) is 0. The maximum atomic E-state index is 8.53. The number of hydrogen-bond donors (Lipinski definition) is 2. The minimum absolute atomic E-state index is 0.524. The van der Waals surface area contributed by atoms with Gasteiger partial charge in [0.1, 0.15) is 0 Å². The van der Waals surface area contributed by atoms with Crippen LogP contribution in [-0.2, 0) is 0 Å². The predicted octanol–water partition coefficient (Wildman–Crippen LogP) is 1.90. The van der Waals surface area contributed by atoms with Crippen molar-refractivity contribution in [3.63, 3.8) is 0 Å². The SMILES string of the molecule is CCC(C)CCCCC(O)O.